The molecule has 3 nitrogen and oxygen atoms in total. The van der Waals surface area contributed by atoms with Crippen LogP contribution in [0.3, 0.4) is 0 Å². The molecule has 0 aliphatic heterocycles. The highest BCUT2D eigenvalue weighted by atomic mass is 16.1. The molecule has 0 aromatic carbocycles. The van der Waals surface area contributed by atoms with Gasteiger partial charge in [-0.2, -0.15) is 0 Å². The molecule has 1 amide bonds. The van der Waals surface area contributed by atoms with Gasteiger partial charge in [-0.15, -0.1) is 0 Å². The molecule has 0 fully saturated rings. The molecule has 0 spiro atoms. The van der Waals surface area contributed by atoms with E-state index in [0.29, 0.717) is 0 Å². The molecule has 0 unspecified atom stereocenters. The lowest BCUT2D eigenvalue weighted by molar-refractivity contribution is -0.116. The Morgan fingerprint density at radius 2 is 2.43 bits per heavy atom. The molecule has 0 aliphatic carbocycles. The van der Waals surface area contributed by atoms with Crippen LogP contribution in [-0.4, -0.2) is 13.0 Å². The Bertz CT molecular complexity index is 87.7. The van der Waals surface area contributed by atoms with E-state index in [1.54, 1.807) is 7.05 Å². The van der Waals surface area contributed by atoms with Crippen LogP contribution in [0.2, 0.25) is 0 Å². The van der Waals surface area contributed by atoms with E-state index in [0.717, 1.165) is 0 Å². The first kappa shape index (κ1) is 6.01. The van der Waals surface area contributed by atoms with Gasteiger partial charge in [-0.05, 0) is 6.20 Å². The fourth-order valence-electron chi connectivity index (χ4n) is 0.171. The summed E-state index contributed by atoms with van der Waals surface area (Å²) in [6.45, 7) is 0. The molecule has 0 rings (SSSR count). The molecule has 0 saturated heterocycles. The molecule has 0 aromatic rings. The minimum absolute atomic E-state index is 0.178. The number of carbonyl (C=O) groups is 1. The summed E-state index contributed by atoms with van der Waals surface area (Å²) in [7, 11) is 1.54. The van der Waals surface area contributed by atoms with Gasteiger partial charge in [-0.25, -0.2) is 0 Å². The highest BCUT2D eigenvalue weighted by molar-refractivity contribution is 5.86. The Morgan fingerprint density at radius 3 is 2.57 bits per heavy atom. The van der Waals surface area contributed by atoms with E-state index in [2.05, 4.69) is 5.32 Å². The zero-order chi connectivity index (χ0) is 5.70. The maximum atomic E-state index is 10.1. The van der Waals surface area contributed by atoms with Crippen molar-refractivity contribution in [3.8, 4) is 0 Å². The van der Waals surface area contributed by atoms with Gasteiger partial charge >= 0.3 is 0 Å². The summed E-state index contributed by atoms with van der Waals surface area (Å²) in [5, 5.41) is 2.36. The zero-order valence-corrected chi connectivity index (χ0v) is 4.14. The van der Waals surface area contributed by atoms with Crippen LogP contribution >= 0.6 is 0 Å². The lowest BCUT2D eigenvalue weighted by Gasteiger charge is -1.84. The van der Waals surface area contributed by atoms with Crippen LogP contribution in [0.4, 0.5) is 0 Å². The molecule has 0 aliphatic rings. The number of rotatable bonds is 1. The van der Waals surface area contributed by atoms with Crippen molar-refractivity contribution < 1.29 is 4.79 Å². The number of amides is 1. The second-order valence-electron chi connectivity index (χ2n) is 0.973. The van der Waals surface area contributed by atoms with Gasteiger partial charge in [0, 0.05) is 13.1 Å². The number of carbonyl (C=O) groups excluding carboxylic acids is 1. The number of nitrogens with two attached hydrogens (primary N) is 1. The summed E-state index contributed by atoms with van der Waals surface area (Å²) in [5.74, 6) is -0.178. The lowest BCUT2D eigenvalue weighted by atomic mass is 10.6. The van der Waals surface area contributed by atoms with Crippen molar-refractivity contribution in [3.05, 3.63) is 12.3 Å². The molecular formula is C4H8N2O. The summed E-state index contributed by atoms with van der Waals surface area (Å²) < 4.78 is 0. The first-order chi connectivity index (χ1) is 3.31. The zero-order valence-electron chi connectivity index (χ0n) is 4.14. The van der Waals surface area contributed by atoms with E-state index in [1.165, 1.54) is 12.3 Å². The fourth-order valence-corrected chi connectivity index (χ4v) is 0.171. The number of hydrogen-bond donors (Lipinski definition) is 2. The van der Waals surface area contributed by atoms with Crippen molar-refractivity contribution in [1.29, 1.82) is 0 Å². The van der Waals surface area contributed by atoms with Crippen molar-refractivity contribution in [2.75, 3.05) is 7.05 Å². The normalized spacial score (nSPS) is 9.29. The summed E-state index contributed by atoms with van der Waals surface area (Å²) in [6, 6.07) is 0. The van der Waals surface area contributed by atoms with Gasteiger partial charge in [-0.3, -0.25) is 4.79 Å². The molecule has 0 heterocycles. The fraction of sp³-hybridized carbons (Fsp3) is 0.250. The second-order valence-corrected chi connectivity index (χ2v) is 0.973. The average Bonchev–Trinajstić information content (AvgIpc) is 1.68. The summed E-state index contributed by atoms with van der Waals surface area (Å²) in [6.07, 6.45) is 2.44. The average molecular weight is 100 g/mol. The van der Waals surface area contributed by atoms with Gasteiger partial charge < -0.3 is 11.1 Å². The number of nitrogens with one attached hydrogen (secondary N) is 1. The van der Waals surface area contributed by atoms with Crippen LogP contribution in [0.1, 0.15) is 0 Å². The van der Waals surface area contributed by atoms with E-state index in [9.17, 15) is 4.79 Å². The molecule has 7 heavy (non-hydrogen) atoms. The van der Waals surface area contributed by atoms with Gasteiger partial charge in [0.05, 0.1) is 0 Å². The molecule has 3 heteroatoms. The first-order valence-corrected chi connectivity index (χ1v) is 1.91. The Morgan fingerprint density at radius 1 is 1.86 bits per heavy atom. The second kappa shape index (κ2) is 3.21. The summed E-state index contributed by atoms with van der Waals surface area (Å²) in [4.78, 5) is 10.1. The quantitative estimate of drug-likeness (QED) is 0.424. The van der Waals surface area contributed by atoms with Gasteiger partial charge in [0.2, 0.25) is 5.91 Å². The Labute approximate surface area is 42.2 Å². The molecule has 0 bridgehead atoms. The van der Waals surface area contributed by atoms with E-state index in [-0.39, 0.29) is 5.91 Å². The summed E-state index contributed by atoms with van der Waals surface area (Å²) in [5.41, 5.74) is 4.86. The van der Waals surface area contributed by atoms with E-state index in [4.69, 9.17) is 5.73 Å². The van der Waals surface area contributed by atoms with Crippen molar-refractivity contribution in [1.82, 2.24) is 5.32 Å². The van der Waals surface area contributed by atoms with Crippen LogP contribution in [0.25, 0.3) is 0 Å². The highest BCUT2D eigenvalue weighted by Crippen LogP contribution is 1.60. The van der Waals surface area contributed by atoms with Crippen LogP contribution in [-0.2, 0) is 4.79 Å². The minimum atomic E-state index is -0.178. The molecule has 0 saturated carbocycles. The third-order valence-corrected chi connectivity index (χ3v) is 0.494. The first-order valence-electron chi connectivity index (χ1n) is 1.91. The Hall–Kier alpha value is -0.990. The van der Waals surface area contributed by atoms with Gasteiger partial charge in [0.25, 0.3) is 0 Å². The number of likely N-dealkylation sites (N-methyl/N-ethyl adjacent to an activating group) is 1. The minimum Gasteiger partial charge on any atom is -0.404 e. The predicted octanol–water partition coefficient (Wildman–Crippen LogP) is -0.795. The third kappa shape index (κ3) is 2.82. The molecule has 3 N–H and O–H groups in total. The van der Waals surface area contributed by atoms with E-state index >= 15 is 0 Å². The highest BCUT2D eigenvalue weighted by Gasteiger charge is 1.81. The SMILES string of the molecule is CNC(=O)/C=C/N. The van der Waals surface area contributed by atoms with E-state index in [1.807, 2.05) is 0 Å². The molecular weight excluding hydrogens is 92.1 g/mol. The third-order valence-electron chi connectivity index (χ3n) is 0.494. The Balaban J connectivity index is 3.37. The van der Waals surface area contributed by atoms with Crippen LogP contribution in [0.5, 0.6) is 0 Å². The monoisotopic (exact) mass is 100 g/mol. The van der Waals surface area contributed by atoms with Crippen molar-refractivity contribution >= 4 is 5.91 Å². The van der Waals surface area contributed by atoms with Gasteiger partial charge in [0.15, 0.2) is 0 Å². The lowest BCUT2D eigenvalue weighted by Crippen LogP contribution is -2.14. The predicted molar refractivity (Wildman–Crippen MR) is 27.4 cm³/mol. The van der Waals surface area contributed by atoms with Crippen molar-refractivity contribution in [2.45, 2.75) is 0 Å². The van der Waals surface area contributed by atoms with Crippen LogP contribution < -0.4 is 11.1 Å². The summed E-state index contributed by atoms with van der Waals surface area (Å²) >= 11 is 0. The van der Waals surface area contributed by atoms with Gasteiger partial charge in [-0.1, -0.05) is 0 Å². The smallest absolute Gasteiger partial charge is 0.245 e. The topological polar surface area (TPSA) is 55.1 Å². The van der Waals surface area contributed by atoms with E-state index < -0.39 is 0 Å². The van der Waals surface area contributed by atoms with Crippen LogP contribution in [0.15, 0.2) is 12.3 Å². The van der Waals surface area contributed by atoms with Gasteiger partial charge in [0.1, 0.15) is 0 Å². The Kier molecular flexibility index (Phi) is 2.76. The standard InChI is InChI=1S/C4H8N2O/c1-6-4(7)2-3-5/h2-3H,5H2,1H3,(H,6,7)/b3-2+. The maximum absolute atomic E-state index is 10.1. The van der Waals surface area contributed by atoms with Crippen molar-refractivity contribution in [2.24, 2.45) is 5.73 Å². The maximum Gasteiger partial charge on any atom is 0.245 e. The van der Waals surface area contributed by atoms with Crippen LogP contribution in [0, 0.1) is 0 Å². The van der Waals surface area contributed by atoms with Crippen molar-refractivity contribution in [3.63, 3.8) is 0 Å². The molecule has 0 radical (unpaired) electrons. The molecule has 0 aromatic heterocycles. The molecule has 40 valence electrons. The largest absolute Gasteiger partial charge is 0.404 e. The molecule has 0 atom stereocenters. The number of hydrogen-bond acceptors (Lipinski definition) is 2.